The van der Waals surface area contributed by atoms with Gasteiger partial charge in [0.1, 0.15) is 0 Å². The predicted molar refractivity (Wildman–Crippen MR) is 107 cm³/mol. The Balaban J connectivity index is 4.09. The Labute approximate surface area is 155 Å². The molecule has 0 aromatic rings. The normalized spacial score (nSPS) is 12.5. The average molecular weight is 367 g/mol. The second-order valence-corrected chi connectivity index (χ2v) is 6.61. The molecule has 0 aliphatic carbocycles. The maximum absolute atomic E-state index is 5.91. The minimum atomic E-state index is -0.0985. The zero-order chi connectivity index (χ0) is 17.6. The van der Waals surface area contributed by atoms with Crippen LogP contribution in [0.4, 0.5) is 0 Å². The van der Waals surface area contributed by atoms with E-state index in [0.29, 0.717) is 13.2 Å². The van der Waals surface area contributed by atoms with Gasteiger partial charge >= 0.3 is 0 Å². The van der Waals surface area contributed by atoms with Gasteiger partial charge in [-0.15, -0.1) is 0 Å². The van der Waals surface area contributed by atoms with Crippen LogP contribution in [0, 0.1) is 5.41 Å². The summed E-state index contributed by atoms with van der Waals surface area (Å²) in [6.07, 6.45) is 0. The molecule has 0 aromatic heterocycles. The Morgan fingerprint density at radius 3 is 1.30 bits per heavy atom. The second kappa shape index (κ2) is 14.8. The van der Waals surface area contributed by atoms with Gasteiger partial charge < -0.3 is 19.3 Å². The van der Waals surface area contributed by atoms with E-state index >= 15 is 0 Å². The summed E-state index contributed by atoms with van der Waals surface area (Å²) in [5.74, 6) is 1.46. The van der Waals surface area contributed by atoms with Gasteiger partial charge in [0.25, 0.3) is 0 Å². The Morgan fingerprint density at radius 1 is 0.696 bits per heavy atom. The summed E-state index contributed by atoms with van der Waals surface area (Å²) in [6.45, 7) is 17.8. The fourth-order valence-corrected chi connectivity index (χ4v) is 3.08. The lowest BCUT2D eigenvalue weighted by Crippen LogP contribution is -2.38. The van der Waals surface area contributed by atoms with Crippen molar-refractivity contribution in [3.8, 4) is 0 Å². The van der Waals surface area contributed by atoms with Gasteiger partial charge in [-0.2, -0.15) is 25.3 Å². The molecule has 0 bridgehead atoms. The smallest absolute Gasteiger partial charge is 0.0593 e. The first-order chi connectivity index (χ1) is 11.1. The predicted octanol–water partition coefficient (Wildman–Crippen LogP) is 2.55. The molecule has 140 valence electrons. The molecule has 0 aliphatic heterocycles. The molecule has 4 nitrogen and oxygen atoms in total. The molecule has 0 atom stereocenters. The minimum Gasteiger partial charge on any atom is -0.379 e. The van der Waals surface area contributed by atoms with E-state index in [1.54, 1.807) is 0 Å². The maximum Gasteiger partial charge on any atom is 0.0593 e. The first kappa shape index (κ1) is 23.5. The van der Waals surface area contributed by atoms with Gasteiger partial charge in [-0.05, 0) is 26.2 Å². The first-order valence-corrected chi connectivity index (χ1v) is 10.2. The van der Waals surface area contributed by atoms with Crippen molar-refractivity contribution in [3.63, 3.8) is 0 Å². The van der Waals surface area contributed by atoms with Crippen molar-refractivity contribution in [2.75, 3.05) is 77.2 Å². The summed E-state index contributed by atoms with van der Waals surface area (Å²) in [5, 5.41) is 0. The summed E-state index contributed by atoms with van der Waals surface area (Å²) in [7, 11) is 0. The van der Waals surface area contributed by atoms with Crippen molar-refractivity contribution in [2.24, 2.45) is 5.41 Å². The van der Waals surface area contributed by atoms with Gasteiger partial charge in [0.05, 0.1) is 26.4 Å². The van der Waals surface area contributed by atoms with Crippen LogP contribution in [0.15, 0.2) is 0 Å². The van der Waals surface area contributed by atoms with E-state index in [1.165, 1.54) is 0 Å². The van der Waals surface area contributed by atoms with Gasteiger partial charge in [-0.1, -0.05) is 27.7 Å². The van der Waals surface area contributed by atoms with Crippen LogP contribution < -0.4 is 0 Å². The third-order valence-electron chi connectivity index (χ3n) is 4.38. The van der Waals surface area contributed by atoms with Crippen molar-refractivity contribution < 1.29 is 9.47 Å². The number of thiol groups is 2. The average Bonchev–Trinajstić information content (AvgIpc) is 2.60. The SMILES string of the molecule is CCN(CC)CCOCC(CS)(CS)COCCN(CC)CC. The Kier molecular flexibility index (Phi) is 15.2. The van der Waals surface area contributed by atoms with Crippen LogP contribution in [0.5, 0.6) is 0 Å². The summed E-state index contributed by atoms with van der Waals surface area (Å²) < 4.78 is 11.8. The van der Waals surface area contributed by atoms with Crippen LogP contribution in [0.1, 0.15) is 27.7 Å². The Morgan fingerprint density at radius 2 is 1.04 bits per heavy atom. The van der Waals surface area contributed by atoms with E-state index in [2.05, 4.69) is 62.8 Å². The van der Waals surface area contributed by atoms with Crippen molar-refractivity contribution in [1.82, 2.24) is 9.80 Å². The van der Waals surface area contributed by atoms with Crippen molar-refractivity contribution in [2.45, 2.75) is 27.7 Å². The van der Waals surface area contributed by atoms with Crippen LogP contribution in [-0.4, -0.2) is 87.0 Å². The van der Waals surface area contributed by atoms with Crippen LogP contribution in [0.2, 0.25) is 0 Å². The molecular formula is C17H38N2O2S2. The van der Waals surface area contributed by atoms with Crippen LogP contribution in [0.3, 0.4) is 0 Å². The Bertz CT molecular complexity index is 237. The van der Waals surface area contributed by atoms with Gasteiger partial charge in [0, 0.05) is 30.0 Å². The lowest BCUT2D eigenvalue weighted by Gasteiger charge is -2.31. The van der Waals surface area contributed by atoms with Crippen LogP contribution in [0.25, 0.3) is 0 Å². The van der Waals surface area contributed by atoms with E-state index < -0.39 is 0 Å². The molecular weight excluding hydrogens is 328 g/mol. The van der Waals surface area contributed by atoms with Gasteiger partial charge in [-0.3, -0.25) is 0 Å². The topological polar surface area (TPSA) is 24.9 Å². The van der Waals surface area contributed by atoms with Crippen LogP contribution >= 0.6 is 25.3 Å². The third kappa shape index (κ3) is 10.2. The molecule has 0 N–H and O–H groups in total. The molecule has 0 aromatic carbocycles. The molecule has 0 amide bonds. The maximum atomic E-state index is 5.91. The number of ether oxygens (including phenoxy) is 2. The molecule has 0 aliphatic rings. The highest BCUT2D eigenvalue weighted by Crippen LogP contribution is 2.22. The second-order valence-electron chi connectivity index (χ2n) is 5.98. The highest BCUT2D eigenvalue weighted by atomic mass is 32.1. The standard InChI is InChI=1S/C17H38N2O2S2/c1-5-18(6-2)9-11-20-13-17(15-22,16-23)14-21-12-10-19(7-3)8-4/h22-23H,5-16H2,1-4H3. The van der Waals surface area contributed by atoms with E-state index in [-0.39, 0.29) is 5.41 Å². The zero-order valence-electron chi connectivity index (χ0n) is 15.6. The number of hydrogen-bond acceptors (Lipinski definition) is 6. The highest BCUT2D eigenvalue weighted by molar-refractivity contribution is 7.81. The van der Waals surface area contributed by atoms with Gasteiger partial charge in [0.2, 0.25) is 0 Å². The van der Waals surface area contributed by atoms with Gasteiger partial charge in [-0.25, -0.2) is 0 Å². The monoisotopic (exact) mass is 366 g/mol. The van der Waals surface area contributed by atoms with E-state index in [4.69, 9.17) is 9.47 Å². The van der Waals surface area contributed by atoms with Crippen molar-refractivity contribution in [1.29, 1.82) is 0 Å². The molecule has 6 heteroatoms. The van der Waals surface area contributed by atoms with E-state index in [0.717, 1.165) is 64.0 Å². The summed E-state index contributed by atoms with van der Waals surface area (Å²) in [6, 6.07) is 0. The quantitative estimate of drug-likeness (QED) is 0.324. The van der Waals surface area contributed by atoms with Gasteiger partial charge in [0.15, 0.2) is 0 Å². The lowest BCUT2D eigenvalue weighted by molar-refractivity contribution is -0.00685. The molecule has 0 fully saturated rings. The largest absolute Gasteiger partial charge is 0.379 e. The lowest BCUT2D eigenvalue weighted by atomic mass is 9.95. The number of likely N-dealkylation sites (N-methyl/N-ethyl adjacent to an activating group) is 2. The highest BCUT2D eigenvalue weighted by Gasteiger charge is 2.28. The molecule has 0 spiro atoms. The molecule has 0 rings (SSSR count). The molecule has 0 saturated heterocycles. The van der Waals surface area contributed by atoms with Crippen LogP contribution in [-0.2, 0) is 9.47 Å². The van der Waals surface area contributed by atoms with Crippen molar-refractivity contribution >= 4 is 25.3 Å². The van der Waals surface area contributed by atoms with Crippen molar-refractivity contribution in [3.05, 3.63) is 0 Å². The molecule has 0 saturated carbocycles. The zero-order valence-corrected chi connectivity index (χ0v) is 17.4. The summed E-state index contributed by atoms with van der Waals surface area (Å²) in [5.41, 5.74) is -0.0985. The van der Waals surface area contributed by atoms with E-state index in [1.807, 2.05) is 0 Å². The summed E-state index contributed by atoms with van der Waals surface area (Å²) in [4.78, 5) is 4.73. The third-order valence-corrected chi connectivity index (χ3v) is 5.72. The minimum absolute atomic E-state index is 0.0985. The number of nitrogens with zero attached hydrogens (tertiary/aromatic N) is 2. The molecule has 23 heavy (non-hydrogen) atoms. The summed E-state index contributed by atoms with van der Waals surface area (Å²) >= 11 is 9.02. The molecule has 0 unspecified atom stereocenters. The first-order valence-electron chi connectivity index (χ1n) is 8.93. The number of hydrogen-bond donors (Lipinski definition) is 2. The molecule has 0 radical (unpaired) electrons. The fourth-order valence-electron chi connectivity index (χ4n) is 2.32. The van der Waals surface area contributed by atoms with E-state index in [9.17, 15) is 0 Å². The fraction of sp³-hybridized carbons (Fsp3) is 1.00. The number of rotatable bonds is 16. The molecule has 0 heterocycles. The Hall–Kier alpha value is 0.540.